The summed E-state index contributed by atoms with van der Waals surface area (Å²) in [5.41, 5.74) is 2.44. The number of hydrogen-bond donors (Lipinski definition) is 0. The van der Waals surface area contributed by atoms with Crippen LogP contribution in [0.15, 0.2) is 103 Å². The molecule has 6 rings (SSSR count). The molecule has 5 aromatic rings. The molecule has 52 heavy (non-hydrogen) atoms. The zero-order valence-corrected chi connectivity index (χ0v) is 30.6. The summed E-state index contributed by atoms with van der Waals surface area (Å²) in [5.74, 6) is -0.611. The van der Waals surface area contributed by atoms with Crippen molar-refractivity contribution in [2.24, 2.45) is 0 Å². The minimum absolute atomic E-state index is 0.00793. The Morgan fingerprint density at radius 1 is 0.904 bits per heavy atom. The summed E-state index contributed by atoms with van der Waals surface area (Å²) in [5, 5.41) is 0.415. The molecular weight excluding hydrogens is 684 g/mol. The molecule has 1 aliphatic rings. The van der Waals surface area contributed by atoms with Gasteiger partial charge in [0.2, 0.25) is 0 Å². The number of carbonyl (C=O) groups excluding carboxylic acids is 2. The third-order valence-electron chi connectivity index (χ3n) is 8.65. The molecule has 0 atom stereocenters. The first-order chi connectivity index (χ1) is 24.8. The van der Waals surface area contributed by atoms with E-state index in [1.165, 1.54) is 12.1 Å². The van der Waals surface area contributed by atoms with E-state index in [0.717, 1.165) is 15.4 Å². The number of benzene rings is 4. The van der Waals surface area contributed by atoms with Gasteiger partial charge in [-0.1, -0.05) is 72.8 Å². The maximum atomic E-state index is 14.6. The Labute approximate surface area is 303 Å². The van der Waals surface area contributed by atoms with Crippen molar-refractivity contribution in [1.82, 2.24) is 14.2 Å². The Balaban J connectivity index is 1.58. The normalized spacial score (nSPS) is 13.0. The van der Waals surface area contributed by atoms with E-state index in [-0.39, 0.29) is 48.7 Å². The standard InChI is InChI=1S/C40H41FN4O6S/c1-6-44(52(48,49)45(7-2)39(47)51-40(3,4)5)35-31-19-14-24-42-34(31)37(50-36(28-15-10-8-11-16-28)29-17-12-9-13-18-29)33-32(35)26-43(38(33)46)25-27-20-22-30(41)23-21-27/h8-24,36H,6-7,25-26H2,1-5H3. The number of hydrogen-bond acceptors (Lipinski definition) is 7. The lowest BCUT2D eigenvalue weighted by atomic mass is 9.99. The van der Waals surface area contributed by atoms with Crippen molar-refractivity contribution in [3.8, 4) is 5.75 Å². The van der Waals surface area contributed by atoms with Gasteiger partial charge in [0.25, 0.3) is 5.91 Å². The van der Waals surface area contributed by atoms with Crippen molar-refractivity contribution in [2.45, 2.75) is 59.4 Å². The van der Waals surface area contributed by atoms with Gasteiger partial charge < -0.3 is 14.4 Å². The predicted octanol–water partition coefficient (Wildman–Crippen LogP) is 8.03. The summed E-state index contributed by atoms with van der Waals surface area (Å²) in [7, 11) is -4.57. The molecule has 270 valence electrons. The summed E-state index contributed by atoms with van der Waals surface area (Å²) in [6.07, 6.45) is -0.115. The molecule has 2 amide bonds. The number of ether oxygens (including phenoxy) is 2. The molecule has 0 fully saturated rings. The second kappa shape index (κ2) is 14.6. The summed E-state index contributed by atoms with van der Waals surface area (Å²) in [6.45, 7) is 8.04. The van der Waals surface area contributed by atoms with Gasteiger partial charge in [-0.25, -0.2) is 9.18 Å². The van der Waals surface area contributed by atoms with Gasteiger partial charge in [0.1, 0.15) is 23.0 Å². The van der Waals surface area contributed by atoms with Crippen molar-refractivity contribution in [3.05, 3.63) is 137 Å². The molecule has 4 aromatic carbocycles. The topological polar surface area (TPSA) is 109 Å². The average molecular weight is 725 g/mol. The van der Waals surface area contributed by atoms with E-state index in [2.05, 4.69) is 0 Å². The van der Waals surface area contributed by atoms with Crippen LogP contribution in [0.4, 0.5) is 14.9 Å². The summed E-state index contributed by atoms with van der Waals surface area (Å²) >= 11 is 0. The maximum absolute atomic E-state index is 14.6. The molecule has 0 bridgehead atoms. The van der Waals surface area contributed by atoms with E-state index in [1.54, 1.807) is 70.0 Å². The van der Waals surface area contributed by atoms with Gasteiger partial charge in [-0.15, -0.1) is 0 Å². The first-order valence-electron chi connectivity index (χ1n) is 17.1. The molecule has 0 N–H and O–H groups in total. The fourth-order valence-electron chi connectivity index (χ4n) is 6.41. The van der Waals surface area contributed by atoms with Crippen LogP contribution in [0.3, 0.4) is 0 Å². The lowest BCUT2D eigenvalue weighted by Gasteiger charge is -2.33. The number of rotatable bonds is 11. The molecule has 12 heteroatoms. The molecule has 2 heterocycles. The van der Waals surface area contributed by atoms with Crippen LogP contribution >= 0.6 is 0 Å². The highest BCUT2D eigenvalue weighted by molar-refractivity contribution is 7.91. The number of pyridine rings is 1. The van der Waals surface area contributed by atoms with E-state index < -0.39 is 39.7 Å². The third kappa shape index (κ3) is 7.16. The first-order valence-corrected chi connectivity index (χ1v) is 18.5. The Kier molecular flexibility index (Phi) is 10.2. The van der Waals surface area contributed by atoms with Gasteiger partial charge in [-0.3, -0.25) is 14.1 Å². The molecule has 0 radical (unpaired) electrons. The van der Waals surface area contributed by atoms with Crippen LogP contribution in [0.2, 0.25) is 0 Å². The van der Waals surface area contributed by atoms with Crippen LogP contribution < -0.4 is 9.04 Å². The van der Waals surface area contributed by atoms with E-state index >= 15 is 0 Å². The Morgan fingerprint density at radius 2 is 1.52 bits per heavy atom. The number of amides is 2. The third-order valence-corrected chi connectivity index (χ3v) is 10.6. The zero-order chi connectivity index (χ0) is 37.2. The molecule has 0 saturated heterocycles. The van der Waals surface area contributed by atoms with Crippen LogP contribution in [0.5, 0.6) is 5.75 Å². The van der Waals surface area contributed by atoms with Crippen LogP contribution in [-0.4, -0.2) is 53.3 Å². The highest BCUT2D eigenvalue weighted by Crippen LogP contribution is 2.47. The van der Waals surface area contributed by atoms with Crippen molar-refractivity contribution >= 4 is 38.8 Å². The van der Waals surface area contributed by atoms with E-state index in [4.69, 9.17) is 14.5 Å². The minimum Gasteiger partial charge on any atom is -0.478 e. The van der Waals surface area contributed by atoms with E-state index in [0.29, 0.717) is 20.8 Å². The lowest BCUT2D eigenvalue weighted by Crippen LogP contribution is -2.48. The van der Waals surface area contributed by atoms with Gasteiger partial charge in [0.05, 0.1) is 11.3 Å². The molecular formula is C40H41FN4O6S. The van der Waals surface area contributed by atoms with Crippen LogP contribution in [0.1, 0.15) is 73.3 Å². The number of carbonyl (C=O) groups is 2. The quantitative estimate of drug-likeness (QED) is 0.136. The highest BCUT2D eigenvalue weighted by Gasteiger charge is 2.42. The van der Waals surface area contributed by atoms with Gasteiger partial charge in [0, 0.05) is 43.3 Å². The Morgan fingerprint density at radius 3 is 2.08 bits per heavy atom. The van der Waals surface area contributed by atoms with Crippen molar-refractivity contribution in [3.63, 3.8) is 0 Å². The Hall–Kier alpha value is -5.49. The molecule has 0 aliphatic carbocycles. The van der Waals surface area contributed by atoms with Crippen LogP contribution in [0, 0.1) is 5.82 Å². The van der Waals surface area contributed by atoms with E-state index in [1.807, 2.05) is 60.7 Å². The maximum Gasteiger partial charge on any atom is 0.425 e. The van der Waals surface area contributed by atoms with E-state index in [9.17, 15) is 22.4 Å². The number of halogens is 1. The SMILES string of the molecule is CCN(C(=O)OC(C)(C)C)S(=O)(=O)N(CC)c1c2c(c(OC(c3ccccc3)c3ccccc3)c3ncccc13)C(=O)N(Cc1ccc(F)cc1)C2. The molecule has 0 spiro atoms. The minimum atomic E-state index is -4.57. The van der Waals surface area contributed by atoms with Crippen molar-refractivity contribution in [1.29, 1.82) is 0 Å². The molecule has 1 aliphatic heterocycles. The van der Waals surface area contributed by atoms with Crippen molar-refractivity contribution in [2.75, 3.05) is 17.4 Å². The number of anilines is 1. The largest absolute Gasteiger partial charge is 0.478 e. The van der Waals surface area contributed by atoms with Crippen LogP contribution in [-0.2, 0) is 28.0 Å². The second-order valence-electron chi connectivity index (χ2n) is 13.4. The van der Waals surface area contributed by atoms with Gasteiger partial charge >= 0.3 is 16.3 Å². The number of fused-ring (bicyclic) bond motifs is 2. The summed E-state index contributed by atoms with van der Waals surface area (Å²) < 4.78 is 57.2. The fourth-order valence-corrected chi connectivity index (χ4v) is 7.96. The van der Waals surface area contributed by atoms with Crippen LogP contribution in [0.25, 0.3) is 10.9 Å². The van der Waals surface area contributed by atoms with Gasteiger partial charge in [0.15, 0.2) is 5.75 Å². The highest BCUT2D eigenvalue weighted by atomic mass is 32.2. The molecule has 0 unspecified atom stereocenters. The molecule has 10 nitrogen and oxygen atoms in total. The van der Waals surface area contributed by atoms with Crippen molar-refractivity contribution < 1.29 is 31.9 Å². The fraction of sp³-hybridized carbons (Fsp3) is 0.275. The van der Waals surface area contributed by atoms with Gasteiger partial charge in [-0.05, 0) is 75.6 Å². The molecule has 1 aromatic heterocycles. The monoisotopic (exact) mass is 724 g/mol. The Bertz CT molecular complexity index is 2150. The smallest absolute Gasteiger partial charge is 0.425 e. The second-order valence-corrected chi connectivity index (χ2v) is 15.1. The lowest BCUT2D eigenvalue weighted by molar-refractivity contribution is 0.0396. The zero-order valence-electron chi connectivity index (χ0n) is 29.7. The summed E-state index contributed by atoms with van der Waals surface area (Å²) in [4.78, 5) is 34.2. The number of nitrogens with zero attached hydrogens (tertiary/aromatic N) is 4. The average Bonchev–Trinajstić information content (AvgIpc) is 3.43. The predicted molar refractivity (Wildman–Crippen MR) is 198 cm³/mol. The number of aromatic nitrogens is 1. The summed E-state index contributed by atoms with van der Waals surface area (Å²) in [6, 6.07) is 28.5. The first kappa shape index (κ1) is 36.3. The van der Waals surface area contributed by atoms with Gasteiger partial charge in [-0.2, -0.15) is 12.7 Å². The molecule has 0 saturated carbocycles.